The van der Waals surface area contributed by atoms with Crippen molar-refractivity contribution in [3.05, 3.63) is 33.8 Å². The number of nitrogens with zero attached hydrogens (tertiary/aromatic N) is 3. The first kappa shape index (κ1) is 15.9. The van der Waals surface area contributed by atoms with Gasteiger partial charge < -0.3 is 15.4 Å². The van der Waals surface area contributed by atoms with E-state index in [1.165, 1.54) is 0 Å². The second-order valence-electron chi connectivity index (χ2n) is 4.27. The predicted octanol–water partition coefficient (Wildman–Crippen LogP) is 4.58. The minimum absolute atomic E-state index is 0.0164. The first-order chi connectivity index (χ1) is 9.90. The third kappa shape index (κ3) is 3.61. The van der Waals surface area contributed by atoms with E-state index in [2.05, 4.69) is 38.4 Å². The van der Waals surface area contributed by atoms with Crippen LogP contribution >= 0.6 is 39.7 Å². The number of azo groups is 1. The molecule has 1 aromatic heterocycles. The highest BCUT2D eigenvalue weighted by Crippen LogP contribution is 2.40. The van der Waals surface area contributed by atoms with Crippen molar-refractivity contribution in [2.75, 3.05) is 0 Å². The quantitative estimate of drug-likeness (QED) is 0.598. The second kappa shape index (κ2) is 6.55. The Morgan fingerprint density at radius 1 is 1.57 bits per heavy atom. The maximum Gasteiger partial charge on any atom is 0.221 e. The van der Waals surface area contributed by atoms with Crippen LogP contribution in [0, 0.1) is 0 Å². The van der Waals surface area contributed by atoms with Gasteiger partial charge in [-0.1, -0.05) is 33.6 Å². The van der Waals surface area contributed by atoms with Gasteiger partial charge in [-0.05, 0) is 37.3 Å². The summed E-state index contributed by atoms with van der Waals surface area (Å²) in [7, 11) is 0. The van der Waals surface area contributed by atoms with Gasteiger partial charge in [0.25, 0.3) is 0 Å². The van der Waals surface area contributed by atoms with Crippen molar-refractivity contribution in [1.29, 1.82) is 0 Å². The molecule has 0 aliphatic carbocycles. The SMILES string of the molecule is CC(Cl)=CCn1c(O)c(N=NC(N)=S)c2cc(Br)ccc21. The second-order valence-corrected chi connectivity index (χ2v) is 6.20. The van der Waals surface area contributed by atoms with Crippen LogP contribution in [0.15, 0.2) is 44.0 Å². The lowest BCUT2D eigenvalue weighted by Crippen LogP contribution is -2.01. The summed E-state index contributed by atoms with van der Waals surface area (Å²) >= 11 is 13.9. The van der Waals surface area contributed by atoms with Crippen LogP contribution in [0.5, 0.6) is 5.88 Å². The van der Waals surface area contributed by atoms with E-state index in [9.17, 15) is 5.11 Å². The van der Waals surface area contributed by atoms with Crippen molar-refractivity contribution in [2.24, 2.45) is 16.0 Å². The lowest BCUT2D eigenvalue weighted by molar-refractivity contribution is 0.431. The number of hydrogen-bond donors (Lipinski definition) is 2. The zero-order chi connectivity index (χ0) is 15.6. The first-order valence-corrected chi connectivity index (χ1v) is 7.52. The lowest BCUT2D eigenvalue weighted by Gasteiger charge is -2.03. The molecule has 0 radical (unpaired) electrons. The molecule has 0 bridgehead atoms. The van der Waals surface area contributed by atoms with Crippen molar-refractivity contribution >= 4 is 61.5 Å². The monoisotopic (exact) mass is 386 g/mol. The van der Waals surface area contributed by atoms with Gasteiger partial charge in [-0.3, -0.25) is 0 Å². The molecule has 1 aromatic carbocycles. The minimum atomic E-state index is -0.0956. The lowest BCUT2D eigenvalue weighted by atomic mass is 10.2. The molecule has 0 saturated heterocycles. The summed E-state index contributed by atoms with van der Waals surface area (Å²) in [6.45, 7) is 2.19. The zero-order valence-corrected chi connectivity index (χ0v) is 14.2. The molecule has 3 N–H and O–H groups in total. The highest BCUT2D eigenvalue weighted by molar-refractivity contribution is 9.10. The van der Waals surface area contributed by atoms with Gasteiger partial charge in [0.1, 0.15) is 0 Å². The summed E-state index contributed by atoms with van der Waals surface area (Å²) in [6, 6.07) is 5.59. The number of nitrogens with two attached hydrogens (primary N) is 1. The van der Waals surface area contributed by atoms with E-state index in [1.807, 2.05) is 18.2 Å². The molecule has 0 atom stereocenters. The molecule has 110 valence electrons. The topological polar surface area (TPSA) is 75.9 Å². The molecule has 21 heavy (non-hydrogen) atoms. The Bertz CT molecular complexity index is 765. The maximum atomic E-state index is 10.4. The number of benzene rings is 1. The molecule has 5 nitrogen and oxygen atoms in total. The van der Waals surface area contributed by atoms with Crippen molar-refractivity contribution in [3.8, 4) is 5.88 Å². The Labute approximate surface area is 140 Å². The highest BCUT2D eigenvalue weighted by atomic mass is 79.9. The van der Waals surface area contributed by atoms with Gasteiger partial charge in [0, 0.05) is 21.4 Å². The highest BCUT2D eigenvalue weighted by Gasteiger charge is 2.16. The van der Waals surface area contributed by atoms with Gasteiger partial charge in [-0.15, -0.1) is 10.2 Å². The Hall–Kier alpha value is -1.44. The molecular formula is C13H12BrClN4OS. The molecule has 0 aliphatic rings. The number of allylic oxidation sites excluding steroid dienone is 2. The van der Waals surface area contributed by atoms with Crippen LogP contribution in [-0.4, -0.2) is 14.8 Å². The van der Waals surface area contributed by atoms with Gasteiger partial charge in [0.2, 0.25) is 11.0 Å². The summed E-state index contributed by atoms with van der Waals surface area (Å²) in [5.74, 6) is -0.0164. The summed E-state index contributed by atoms with van der Waals surface area (Å²) in [5, 5.41) is 19.2. The molecule has 2 aromatic rings. The molecule has 0 aliphatic heterocycles. The molecule has 1 heterocycles. The smallest absolute Gasteiger partial charge is 0.221 e. The molecule has 0 fully saturated rings. The normalized spacial score (nSPS) is 12.4. The number of aromatic nitrogens is 1. The number of rotatable bonds is 3. The van der Waals surface area contributed by atoms with Crippen LogP contribution in [0.1, 0.15) is 6.92 Å². The minimum Gasteiger partial charge on any atom is -0.493 e. The maximum absolute atomic E-state index is 10.4. The summed E-state index contributed by atoms with van der Waals surface area (Å²) < 4.78 is 2.55. The Kier molecular flexibility index (Phi) is 4.97. The third-order valence-corrected chi connectivity index (χ3v) is 3.50. The van der Waals surface area contributed by atoms with E-state index in [0.29, 0.717) is 17.3 Å². The summed E-state index contributed by atoms with van der Waals surface area (Å²) in [5.41, 5.74) is 6.44. The number of hydrogen-bond acceptors (Lipinski definition) is 3. The van der Waals surface area contributed by atoms with Crippen LogP contribution < -0.4 is 5.73 Å². The summed E-state index contributed by atoms with van der Waals surface area (Å²) in [6.07, 6.45) is 1.79. The van der Waals surface area contributed by atoms with Gasteiger partial charge in [0.15, 0.2) is 5.69 Å². The van der Waals surface area contributed by atoms with E-state index in [0.717, 1.165) is 15.4 Å². The predicted molar refractivity (Wildman–Crippen MR) is 92.2 cm³/mol. The number of thiocarbonyl (C=S) groups is 1. The standard InChI is InChI=1S/C13H12BrClN4OS/c1-7(15)4-5-19-10-3-2-8(14)6-9(10)11(12(19)20)17-18-13(16)21/h2-4,6,20H,5H2,1H3,(H2,16,21). The zero-order valence-electron chi connectivity index (χ0n) is 11.0. The van der Waals surface area contributed by atoms with Crippen molar-refractivity contribution in [2.45, 2.75) is 13.5 Å². The molecule has 2 rings (SSSR count). The van der Waals surface area contributed by atoms with Gasteiger partial charge >= 0.3 is 0 Å². The average Bonchev–Trinajstić information content (AvgIpc) is 2.65. The van der Waals surface area contributed by atoms with Crippen molar-refractivity contribution < 1.29 is 5.11 Å². The van der Waals surface area contributed by atoms with Crippen LogP contribution in [0.25, 0.3) is 10.9 Å². The van der Waals surface area contributed by atoms with E-state index in [1.54, 1.807) is 17.6 Å². The Morgan fingerprint density at radius 2 is 2.29 bits per heavy atom. The molecule has 0 amide bonds. The molecule has 8 heteroatoms. The molecule has 0 saturated carbocycles. The van der Waals surface area contributed by atoms with E-state index < -0.39 is 0 Å². The first-order valence-electron chi connectivity index (χ1n) is 5.94. The summed E-state index contributed by atoms with van der Waals surface area (Å²) in [4.78, 5) is 0. The van der Waals surface area contributed by atoms with Gasteiger partial charge in [0.05, 0.1) is 5.52 Å². The number of halogens is 2. The van der Waals surface area contributed by atoms with Crippen LogP contribution in [-0.2, 0) is 6.54 Å². The fourth-order valence-electron chi connectivity index (χ4n) is 1.90. The van der Waals surface area contributed by atoms with E-state index in [-0.39, 0.29) is 11.0 Å². The third-order valence-electron chi connectivity index (χ3n) is 2.78. The van der Waals surface area contributed by atoms with Crippen molar-refractivity contribution in [3.63, 3.8) is 0 Å². The number of fused-ring (bicyclic) bond motifs is 1. The van der Waals surface area contributed by atoms with E-state index >= 15 is 0 Å². The van der Waals surface area contributed by atoms with Gasteiger partial charge in [-0.25, -0.2) is 0 Å². The van der Waals surface area contributed by atoms with Gasteiger partial charge in [-0.2, -0.15) is 0 Å². The molecule has 0 unspecified atom stereocenters. The molecular weight excluding hydrogens is 376 g/mol. The fraction of sp³-hybridized carbons (Fsp3) is 0.154. The van der Waals surface area contributed by atoms with Crippen LogP contribution in [0.4, 0.5) is 5.69 Å². The average molecular weight is 388 g/mol. The number of aromatic hydroxyl groups is 1. The van der Waals surface area contributed by atoms with Crippen LogP contribution in [0.2, 0.25) is 0 Å². The van der Waals surface area contributed by atoms with E-state index in [4.69, 9.17) is 17.3 Å². The fourth-order valence-corrected chi connectivity index (χ4v) is 2.37. The van der Waals surface area contributed by atoms with Crippen LogP contribution in [0.3, 0.4) is 0 Å². The Morgan fingerprint density at radius 3 is 2.90 bits per heavy atom. The molecule has 0 spiro atoms. The van der Waals surface area contributed by atoms with Crippen molar-refractivity contribution in [1.82, 2.24) is 4.57 Å². The largest absolute Gasteiger partial charge is 0.493 e. The Balaban J connectivity index is 2.66.